The third kappa shape index (κ3) is 5.59. The lowest BCUT2D eigenvalue weighted by molar-refractivity contribution is -0.120. The second-order valence-electron chi connectivity index (χ2n) is 7.60. The van der Waals surface area contributed by atoms with Crippen molar-refractivity contribution in [1.82, 2.24) is 18.6 Å². The minimum atomic E-state index is -3.88. The molecule has 3 rings (SSSR count). The first-order chi connectivity index (χ1) is 15.0. The van der Waals surface area contributed by atoms with Crippen molar-refractivity contribution in [2.45, 2.75) is 24.7 Å². The van der Waals surface area contributed by atoms with Gasteiger partial charge in [-0.15, -0.1) is 0 Å². The maximum Gasteiger partial charge on any atom is 0.281 e. The van der Waals surface area contributed by atoms with E-state index in [1.54, 1.807) is 13.0 Å². The number of benzene rings is 1. The first-order valence-corrected chi connectivity index (χ1v) is 12.8. The molecule has 0 radical (unpaired) electrons. The Kier molecular flexibility index (Phi) is 7.12. The van der Waals surface area contributed by atoms with Gasteiger partial charge in [-0.3, -0.25) is 4.79 Å². The zero-order valence-electron chi connectivity index (χ0n) is 18.0. The molecule has 174 valence electrons. The third-order valence-electron chi connectivity index (χ3n) is 5.07. The molecule has 13 heteroatoms. The summed E-state index contributed by atoms with van der Waals surface area (Å²) < 4.78 is 54.2. The van der Waals surface area contributed by atoms with E-state index in [4.69, 9.17) is 0 Å². The molecule has 2 heterocycles. The molecule has 1 aliphatic rings. The van der Waals surface area contributed by atoms with Gasteiger partial charge < -0.3 is 5.32 Å². The van der Waals surface area contributed by atoms with Crippen molar-refractivity contribution in [2.24, 2.45) is 5.92 Å². The first kappa shape index (κ1) is 24.0. The van der Waals surface area contributed by atoms with Crippen LogP contribution in [0.2, 0.25) is 0 Å². The molecular weight excluding hydrogens is 456 g/mol. The minimum absolute atomic E-state index is 0.00260. The van der Waals surface area contributed by atoms with Crippen LogP contribution in [0.1, 0.15) is 18.5 Å². The molecule has 0 unspecified atom stereocenters. The Morgan fingerprint density at radius 2 is 1.69 bits per heavy atom. The molecule has 0 spiro atoms. The van der Waals surface area contributed by atoms with Crippen LogP contribution in [0, 0.1) is 12.8 Å². The van der Waals surface area contributed by atoms with Gasteiger partial charge in [-0.2, -0.15) is 17.0 Å². The largest absolute Gasteiger partial charge is 0.326 e. The number of aryl methyl sites for hydroxylation is 1. The summed E-state index contributed by atoms with van der Waals surface area (Å²) in [7, 11) is -4.42. The number of piperidine rings is 1. The predicted octanol–water partition coefficient (Wildman–Crippen LogP) is 1.04. The van der Waals surface area contributed by atoms with Gasteiger partial charge in [-0.05, 0) is 50.1 Å². The van der Waals surface area contributed by atoms with Gasteiger partial charge >= 0.3 is 0 Å². The van der Waals surface area contributed by atoms with E-state index in [1.165, 1.54) is 48.9 Å². The van der Waals surface area contributed by atoms with Crippen molar-refractivity contribution in [1.29, 1.82) is 0 Å². The van der Waals surface area contributed by atoms with Crippen LogP contribution < -0.4 is 10.0 Å². The van der Waals surface area contributed by atoms with Gasteiger partial charge in [0.05, 0.1) is 4.90 Å². The normalized spacial score (nSPS) is 16.1. The topological polar surface area (TPSA) is 142 Å². The fourth-order valence-electron chi connectivity index (χ4n) is 3.22. The SMILES string of the molecule is Cc1ccnc(NS(=O)(=O)c2ccc(NC(=O)C3CCN(S(=O)(=O)N(C)C)CC3)cc2)n1. The first-order valence-electron chi connectivity index (χ1n) is 9.90. The Morgan fingerprint density at radius 3 is 2.25 bits per heavy atom. The minimum Gasteiger partial charge on any atom is -0.326 e. The molecule has 2 N–H and O–H groups in total. The molecule has 11 nitrogen and oxygen atoms in total. The summed E-state index contributed by atoms with van der Waals surface area (Å²) in [6.45, 7) is 2.26. The summed E-state index contributed by atoms with van der Waals surface area (Å²) in [5, 5.41) is 2.77. The number of hydrogen-bond donors (Lipinski definition) is 2. The fraction of sp³-hybridized carbons (Fsp3) is 0.421. The average Bonchev–Trinajstić information content (AvgIpc) is 2.74. The van der Waals surface area contributed by atoms with E-state index < -0.39 is 20.2 Å². The number of carbonyl (C=O) groups excluding carboxylic acids is 1. The maximum atomic E-state index is 12.6. The van der Waals surface area contributed by atoms with Gasteiger partial charge in [0.15, 0.2) is 0 Å². The van der Waals surface area contributed by atoms with Gasteiger partial charge in [0.1, 0.15) is 0 Å². The van der Waals surface area contributed by atoms with Crippen molar-refractivity contribution < 1.29 is 21.6 Å². The number of sulfonamides is 1. The number of rotatable bonds is 7. The Bertz CT molecular complexity index is 1170. The highest BCUT2D eigenvalue weighted by atomic mass is 32.2. The van der Waals surface area contributed by atoms with Crippen LogP contribution in [-0.2, 0) is 25.0 Å². The van der Waals surface area contributed by atoms with Gasteiger partial charge in [0, 0.05) is 50.7 Å². The van der Waals surface area contributed by atoms with Gasteiger partial charge in [0.2, 0.25) is 11.9 Å². The van der Waals surface area contributed by atoms with Gasteiger partial charge in [-0.1, -0.05) is 0 Å². The van der Waals surface area contributed by atoms with Crippen molar-refractivity contribution in [3.8, 4) is 0 Å². The predicted molar refractivity (Wildman–Crippen MR) is 120 cm³/mol. The van der Waals surface area contributed by atoms with E-state index in [0.717, 1.165) is 4.31 Å². The molecule has 1 aromatic carbocycles. The summed E-state index contributed by atoms with van der Waals surface area (Å²) in [5.41, 5.74) is 1.07. The Balaban J connectivity index is 1.59. The monoisotopic (exact) mass is 482 g/mol. The molecule has 32 heavy (non-hydrogen) atoms. The Morgan fingerprint density at radius 1 is 1.06 bits per heavy atom. The van der Waals surface area contributed by atoms with E-state index in [1.807, 2.05) is 0 Å². The molecule has 1 amide bonds. The van der Waals surface area contributed by atoms with Crippen molar-refractivity contribution in [2.75, 3.05) is 37.2 Å². The second-order valence-corrected chi connectivity index (χ2v) is 11.4. The molecule has 1 saturated heterocycles. The Labute approximate surface area is 188 Å². The number of nitrogens with one attached hydrogen (secondary N) is 2. The van der Waals surface area contributed by atoms with Gasteiger partial charge in [-0.25, -0.2) is 23.1 Å². The van der Waals surface area contributed by atoms with Crippen molar-refractivity contribution in [3.05, 3.63) is 42.2 Å². The molecule has 1 aromatic heterocycles. The fourth-order valence-corrected chi connectivity index (χ4v) is 5.30. The number of anilines is 2. The number of amides is 1. The van der Waals surface area contributed by atoms with Crippen LogP contribution in [0.3, 0.4) is 0 Å². The highest BCUT2D eigenvalue weighted by Crippen LogP contribution is 2.23. The highest BCUT2D eigenvalue weighted by molar-refractivity contribution is 7.92. The van der Waals surface area contributed by atoms with E-state index in [-0.39, 0.29) is 35.8 Å². The molecule has 1 aliphatic heterocycles. The lowest BCUT2D eigenvalue weighted by Gasteiger charge is -2.32. The highest BCUT2D eigenvalue weighted by Gasteiger charge is 2.32. The quantitative estimate of drug-likeness (QED) is 0.600. The van der Waals surface area contributed by atoms with E-state index in [9.17, 15) is 21.6 Å². The number of nitrogens with zero attached hydrogens (tertiary/aromatic N) is 4. The standard InChI is InChI=1S/C19H26N6O5S2/c1-14-8-11-20-19(21-14)23-31(27,28)17-6-4-16(5-7-17)22-18(26)15-9-12-25(13-10-15)32(29,30)24(2)3/h4-8,11,15H,9-10,12-13H2,1-3H3,(H,22,26)(H,20,21,23). The van der Waals surface area contributed by atoms with Crippen LogP contribution in [0.4, 0.5) is 11.6 Å². The van der Waals surface area contributed by atoms with Gasteiger partial charge in [0.25, 0.3) is 20.2 Å². The van der Waals surface area contributed by atoms with Crippen molar-refractivity contribution >= 4 is 37.8 Å². The molecule has 2 aromatic rings. The summed E-state index contributed by atoms with van der Waals surface area (Å²) in [4.78, 5) is 20.5. The molecule has 0 aliphatic carbocycles. The maximum absolute atomic E-state index is 12.6. The molecule has 0 atom stereocenters. The molecule has 0 bridgehead atoms. The van der Waals surface area contributed by atoms with Crippen LogP contribution in [0.15, 0.2) is 41.4 Å². The molecule has 0 saturated carbocycles. The molecule has 1 fully saturated rings. The van der Waals surface area contributed by atoms with E-state index in [2.05, 4.69) is 20.0 Å². The van der Waals surface area contributed by atoms with Crippen LogP contribution in [-0.4, -0.2) is 68.5 Å². The van der Waals surface area contributed by atoms with Crippen molar-refractivity contribution in [3.63, 3.8) is 0 Å². The third-order valence-corrected chi connectivity index (χ3v) is 8.35. The smallest absolute Gasteiger partial charge is 0.281 e. The average molecular weight is 483 g/mol. The van der Waals surface area contributed by atoms with Crippen LogP contribution >= 0.6 is 0 Å². The lowest BCUT2D eigenvalue weighted by atomic mass is 9.97. The Hall–Kier alpha value is -2.61. The summed E-state index contributed by atoms with van der Waals surface area (Å²) in [5.74, 6) is -0.578. The summed E-state index contributed by atoms with van der Waals surface area (Å²) in [6.07, 6.45) is 2.27. The summed E-state index contributed by atoms with van der Waals surface area (Å²) >= 11 is 0. The van der Waals surface area contributed by atoms with E-state index in [0.29, 0.717) is 24.2 Å². The van der Waals surface area contributed by atoms with E-state index >= 15 is 0 Å². The summed E-state index contributed by atoms with van der Waals surface area (Å²) in [6, 6.07) is 7.39. The number of aromatic nitrogens is 2. The molecular formula is C19H26N6O5S2. The van der Waals surface area contributed by atoms with Crippen LogP contribution in [0.5, 0.6) is 0 Å². The number of carbonyl (C=O) groups is 1. The zero-order chi connectivity index (χ0) is 23.5. The zero-order valence-corrected chi connectivity index (χ0v) is 19.6. The second kappa shape index (κ2) is 9.48. The van der Waals surface area contributed by atoms with Crippen LogP contribution in [0.25, 0.3) is 0 Å². The number of hydrogen-bond acceptors (Lipinski definition) is 7. The lowest BCUT2D eigenvalue weighted by Crippen LogP contribution is -2.46.